The van der Waals surface area contributed by atoms with E-state index in [1.54, 1.807) is 7.11 Å². The number of benzene rings is 2. The zero-order chi connectivity index (χ0) is 22.2. The second-order valence-corrected chi connectivity index (χ2v) is 7.68. The highest BCUT2D eigenvalue weighted by molar-refractivity contribution is 6.32. The molecule has 0 aliphatic carbocycles. The smallest absolute Gasteiger partial charge is 0.141 e. The third-order valence-electron chi connectivity index (χ3n) is 4.97. The molecule has 1 heterocycles. The molecule has 3 aromatic rings. The first kappa shape index (κ1) is 22.8. The van der Waals surface area contributed by atoms with E-state index in [0.29, 0.717) is 41.2 Å². The average molecular weight is 444 g/mol. The number of anilines is 1. The van der Waals surface area contributed by atoms with Gasteiger partial charge in [-0.25, -0.2) is 0 Å². The van der Waals surface area contributed by atoms with Gasteiger partial charge in [-0.2, -0.15) is 5.10 Å². The van der Waals surface area contributed by atoms with Crippen LogP contribution < -0.4 is 19.9 Å². The summed E-state index contributed by atoms with van der Waals surface area (Å²) in [4.78, 5) is 0. The number of methoxy groups -OCH3 is 1. The standard InChI is InChI=1S/C24H30ClN3O3/c1-4-6-12-30-20-15-21(31-13-7-5-2)19(25)14-18(20)23-22(24(26)28-27-23)16-8-10-17(29-3)11-9-16/h8-11,14-15H,4-7,12-13H2,1-3H3,(H3,26,27,28). The molecule has 0 saturated carbocycles. The molecule has 6 nitrogen and oxygen atoms in total. The van der Waals surface area contributed by atoms with Gasteiger partial charge in [0.15, 0.2) is 0 Å². The van der Waals surface area contributed by atoms with Crippen LogP contribution in [0.3, 0.4) is 0 Å². The molecule has 0 bridgehead atoms. The number of aromatic nitrogens is 2. The molecular weight excluding hydrogens is 414 g/mol. The molecule has 0 fully saturated rings. The van der Waals surface area contributed by atoms with Gasteiger partial charge in [0.2, 0.25) is 0 Å². The van der Waals surface area contributed by atoms with Gasteiger partial charge in [-0.05, 0) is 36.6 Å². The molecule has 0 amide bonds. The van der Waals surface area contributed by atoms with Crippen molar-refractivity contribution in [2.75, 3.05) is 26.1 Å². The lowest BCUT2D eigenvalue weighted by Gasteiger charge is -2.15. The van der Waals surface area contributed by atoms with E-state index in [9.17, 15) is 0 Å². The summed E-state index contributed by atoms with van der Waals surface area (Å²) in [6.45, 7) is 5.45. The fourth-order valence-corrected chi connectivity index (χ4v) is 3.42. The zero-order valence-electron chi connectivity index (χ0n) is 18.3. The molecule has 0 saturated heterocycles. The molecule has 0 unspecified atom stereocenters. The largest absolute Gasteiger partial charge is 0.497 e. The minimum atomic E-state index is 0.471. The summed E-state index contributed by atoms with van der Waals surface area (Å²) in [5.41, 5.74) is 9.41. The van der Waals surface area contributed by atoms with Crippen molar-refractivity contribution in [2.45, 2.75) is 39.5 Å². The minimum Gasteiger partial charge on any atom is -0.497 e. The fraction of sp³-hybridized carbons (Fsp3) is 0.375. The van der Waals surface area contributed by atoms with Crippen molar-refractivity contribution in [1.82, 2.24) is 10.2 Å². The maximum atomic E-state index is 6.57. The Balaban J connectivity index is 2.05. The van der Waals surface area contributed by atoms with Crippen molar-refractivity contribution in [2.24, 2.45) is 0 Å². The number of hydrogen-bond donors (Lipinski definition) is 2. The molecule has 3 N–H and O–H groups in total. The molecule has 2 aromatic carbocycles. The first-order valence-corrected chi connectivity index (χ1v) is 11.0. The highest BCUT2D eigenvalue weighted by Crippen LogP contribution is 2.43. The number of ether oxygens (including phenoxy) is 3. The second kappa shape index (κ2) is 11.0. The van der Waals surface area contributed by atoms with Crippen molar-refractivity contribution in [3.63, 3.8) is 0 Å². The van der Waals surface area contributed by atoms with Crippen LogP contribution in [0.25, 0.3) is 22.4 Å². The summed E-state index contributed by atoms with van der Waals surface area (Å²) in [5, 5.41) is 7.89. The number of aromatic amines is 1. The lowest BCUT2D eigenvalue weighted by atomic mass is 10.00. The molecule has 0 aliphatic heterocycles. The van der Waals surface area contributed by atoms with Crippen LogP contribution in [0.1, 0.15) is 39.5 Å². The molecular formula is C24H30ClN3O3. The van der Waals surface area contributed by atoms with Crippen LogP contribution >= 0.6 is 11.6 Å². The Kier molecular flexibility index (Phi) is 8.06. The molecule has 3 rings (SSSR count). The topological polar surface area (TPSA) is 82.4 Å². The van der Waals surface area contributed by atoms with E-state index >= 15 is 0 Å². The van der Waals surface area contributed by atoms with Crippen LogP contribution in [0.15, 0.2) is 36.4 Å². The van der Waals surface area contributed by atoms with Gasteiger partial charge in [0.1, 0.15) is 28.8 Å². The molecule has 0 atom stereocenters. The SMILES string of the molecule is CCCCOc1cc(OCCCC)c(-c2n[nH]c(N)c2-c2ccc(OC)cc2)cc1Cl. The van der Waals surface area contributed by atoms with E-state index < -0.39 is 0 Å². The van der Waals surface area contributed by atoms with Gasteiger partial charge in [0, 0.05) is 11.6 Å². The average Bonchev–Trinajstić information content (AvgIpc) is 3.17. The Morgan fingerprint density at radius 2 is 1.61 bits per heavy atom. The van der Waals surface area contributed by atoms with Crippen molar-refractivity contribution in [3.05, 3.63) is 41.4 Å². The Morgan fingerprint density at radius 1 is 0.968 bits per heavy atom. The van der Waals surface area contributed by atoms with Gasteiger partial charge >= 0.3 is 0 Å². The number of nitrogens with one attached hydrogen (secondary N) is 1. The van der Waals surface area contributed by atoms with E-state index in [-0.39, 0.29) is 0 Å². The third kappa shape index (κ3) is 5.44. The maximum absolute atomic E-state index is 6.57. The lowest BCUT2D eigenvalue weighted by Crippen LogP contribution is -2.02. The molecule has 1 aromatic heterocycles. The summed E-state index contributed by atoms with van der Waals surface area (Å²) >= 11 is 6.57. The van der Waals surface area contributed by atoms with Crippen molar-refractivity contribution >= 4 is 17.4 Å². The van der Waals surface area contributed by atoms with Gasteiger partial charge < -0.3 is 19.9 Å². The summed E-state index contributed by atoms with van der Waals surface area (Å²) in [5.74, 6) is 2.53. The van der Waals surface area contributed by atoms with Crippen LogP contribution in [0.2, 0.25) is 5.02 Å². The van der Waals surface area contributed by atoms with E-state index in [4.69, 9.17) is 31.5 Å². The number of H-pyrrole nitrogens is 1. The minimum absolute atomic E-state index is 0.471. The quantitative estimate of drug-likeness (QED) is 0.337. The summed E-state index contributed by atoms with van der Waals surface area (Å²) < 4.78 is 17.3. The van der Waals surface area contributed by atoms with E-state index in [1.807, 2.05) is 36.4 Å². The number of nitrogen functional groups attached to an aromatic ring is 1. The Hall–Kier alpha value is -2.86. The number of nitrogens with two attached hydrogens (primary N) is 1. The number of halogens is 1. The van der Waals surface area contributed by atoms with Crippen LogP contribution in [0.5, 0.6) is 17.2 Å². The summed E-state index contributed by atoms with van der Waals surface area (Å²) in [6, 6.07) is 11.4. The Labute approximate surface area is 188 Å². The van der Waals surface area contributed by atoms with Gasteiger partial charge in [0.05, 0.1) is 30.9 Å². The van der Waals surface area contributed by atoms with Crippen LogP contribution in [0, 0.1) is 0 Å². The predicted molar refractivity (Wildman–Crippen MR) is 126 cm³/mol. The lowest BCUT2D eigenvalue weighted by molar-refractivity contribution is 0.295. The molecule has 0 aliphatic rings. The monoisotopic (exact) mass is 443 g/mol. The number of rotatable bonds is 11. The van der Waals surface area contributed by atoms with Gasteiger partial charge in [-0.15, -0.1) is 0 Å². The van der Waals surface area contributed by atoms with Gasteiger partial charge in [-0.1, -0.05) is 50.4 Å². The molecule has 7 heteroatoms. The van der Waals surface area contributed by atoms with Crippen molar-refractivity contribution in [1.29, 1.82) is 0 Å². The molecule has 166 valence electrons. The Bertz CT molecular complexity index is 986. The zero-order valence-corrected chi connectivity index (χ0v) is 19.1. The van der Waals surface area contributed by atoms with Crippen molar-refractivity contribution < 1.29 is 14.2 Å². The molecule has 0 spiro atoms. The summed E-state index contributed by atoms with van der Waals surface area (Å²) in [7, 11) is 1.64. The van der Waals surface area contributed by atoms with E-state index in [1.165, 1.54) is 0 Å². The first-order valence-electron chi connectivity index (χ1n) is 10.7. The molecule has 0 radical (unpaired) electrons. The van der Waals surface area contributed by atoms with Crippen LogP contribution in [-0.2, 0) is 0 Å². The highest BCUT2D eigenvalue weighted by Gasteiger charge is 2.21. The number of unbranched alkanes of at least 4 members (excludes halogenated alkanes) is 2. The fourth-order valence-electron chi connectivity index (χ4n) is 3.20. The first-order chi connectivity index (χ1) is 15.1. The van der Waals surface area contributed by atoms with E-state index in [2.05, 4.69) is 24.0 Å². The predicted octanol–water partition coefficient (Wildman–Crippen LogP) is 6.35. The van der Waals surface area contributed by atoms with Crippen LogP contribution in [0.4, 0.5) is 5.82 Å². The molecule has 31 heavy (non-hydrogen) atoms. The number of hydrogen-bond acceptors (Lipinski definition) is 5. The van der Waals surface area contributed by atoms with Gasteiger partial charge in [-0.3, -0.25) is 5.10 Å². The normalized spacial score (nSPS) is 10.8. The Morgan fingerprint density at radius 3 is 2.23 bits per heavy atom. The second-order valence-electron chi connectivity index (χ2n) is 7.27. The summed E-state index contributed by atoms with van der Waals surface area (Å²) in [6.07, 6.45) is 3.99. The highest BCUT2D eigenvalue weighted by atomic mass is 35.5. The third-order valence-corrected chi connectivity index (χ3v) is 5.27. The van der Waals surface area contributed by atoms with Gasteiger partial charge in [0.25, 0.3) is 0 Å². The maximum Gasteiger partial charge on any atom is 0.141 e. The number of nitrogens with zero attached hydrogens (tertiary/aromatic N) is 1. The van der Waals surface area contributed by atoms with Crippen LogP contribution in [-0.4, -0.2) is 30.5 Å². The van der Waals surface area contributed by atoms with Crippen molar-refractivity contribution in [3.8, 4) is 39.6 Å². The van der Waals surface area contributed by atoms with E-state index in [0.717, 1.165) is 48.1 Å².